The number of halogens is 1. The topological polar surface area (TPSA) is 70.6 Å². The zero-order valence-corrected chi connectivity index (χ0v) is 11.6. The van der Waals surface area contributed by atoms with E-state index in [4.69, 9.17) is 10.9 Å². The molecule has 17 heavy (non-hydrogen) atoms. The smallest absolute Gasteiger partial charge is 0.139 e. The van der Waals surface area contributed by atoms with Crippen LogP contribution in [0.3, 0.4) is 0 Å². The first kappa shape index (κ1) is 12.5. The first-order chi connectivity index (χ1) is 8.13. The lowest BCUT2D eigenvalue weighted by Gasteiger charge is -2.16. The summed E-state index contributed by atoms with van der Waals surface area (Å²) in [5.74, 6) is 0.326. The van der Waals surface area contributed by atoms with E-state index in [0.717, 1.165) is 25.1 Å². The van der Waals surface area contributed by atoms with Gasteiger partial charge in [-0.3, -0.25) is 0 Å². The van der Waals surface area contributed by atoms with Gasteiger partial charge in [0.2, 0.25) is 0 Å². The number of nitrogens with two attached hydrogens (primary N) is 1. The van der Waals surface area contributed by atoms with Crippen LogP contribution in [0.5, 0.6) is 0 Å². The summed E-state index contributed by atoms with van der Waals surface area (Å²) >= 11 is 2.30. The first-order valence-corrected chi connectivity index (χ1v) is 6.67. The van der Waals surface area contributed by atoms with Crippen LogP contribution in [0.25, 0.3) is 0 Å². The molecule has 0 amide bonds. The van der Waals surface area contributed by atoms with Crippen LogP contribution in [0, 0.1) is 8.99 Å². The number of rotatable bonds is 5. The Morgan fingerprint density at radius 2 is 2.29 bits per heavy atom. The monoisotopic (exact) mass is 345 g/mol. The molecule has 0 saturated heterocycles. The zero-order valence-electron chi connectivity index (χ0n) is 9.49. The molecule has 1 saturated carbocycles. The number of nitrogens with one attached hydrogen (secondary N) is 1. The maximum absolute atomic E-state index is 8.59. The molecule has 1 aromatic carbocycles. The van der Waals surface area contributed by atoms with Crippen LogP contribution in [0.15, 0.2) is 29.4 Å². The van der Waals surface area contributed by atoms with Gasteiger partial charge in [-0.1, -0.05) is 11.2 Å². The van der Waals surface area contributed by atoms with Crippen LogP contribution in [-0.2, 0) is 0 Å². The van der Waals surface area contributed by atoms with Gasteiger partial charge in [-0.25, -0.2) is 0 Å². The fraction of sp³-hybridized carbons (Fsp3) is 0.417. The maximum atomic E-state index is 8.59. The Hall–Kier alpha value is -0.980. The van der Waals surface area contributed by atoms with Crippen molar-refractivity contribution in [3.8, 4) is 0 Å². The molecule has 0 atom stereocenters. The fourth-order valence-corrected chi connectivity index (χ4v) is 2.44. The molecule has 1 aliphatic carbocycles. The van der Waals surface area contributed by atoms with E-state index >= 15 is 0 Å². The van der Waals surface area contributed by atoms with Crippen LogP contribution in [-0.4, -0.2) is 17.6 Å². The molecule has 1 aliphatic rings. The van der Waals surface area contributed by atoms with Gasteiger partial charge in [-0.05, 0) is 59.0 Å². The van der Waals surface area contributed by atoms with Crippen molar-refractivity contribution in [2.24, 2.45) is 16.3 Å². The Balaban J connectivity index is 1.90. The highest BCUT2D eigenvalue weighted by atomic mass is 127. The molecule has 92 valence electrons. The minimum Gasteiger partial charge on any atom is -0.409 e. The van der Waals surface area contributed by atoms with E-state index in [1.807, 2.05) is 6.07 Å². The lowest BCUT2D eigenvalue weighted by atomic mass is 10.0. The van der Waals surface area contributed by atoms with Crippen molar-refractivity contribution in [2.45, 2.75) is 19.3 Å². The summed E-state index contributed by atoms with van der Waals surface area (Å²) in [5, 5.41) is 15.1. The SMILES string of the molecule is NC(CC1(CNc2cccc(I)c2)CC1)=NO. The molecule has 0 aromatic heterocycles. The third-order valence-electron chi connectivity index (χ3n) is 3.13. The van der Waals surface area contributed by atoms with Gasteiger partial charge in [0, 0.05) is 22.2 Å². The van der Waals surface area contributed by atoms with Crippen molar-refractivity contribution < 1.29 is 5.21 Å². The molecule has 0 heterocycles. The zero-order chi connectivity index (χ0) is 12.3. The molecule has 1 fully saturated rings. The van der Waals surface area contributed by atoms with Crippen molar-refractivity contribution in [2.75, 3.05) is 11.9 Å². The van der Waals surface area contributed by atoms with Crippen molar-refractivity contribution in [3.63, 3.8) is 0 Å². The first-order valence-electron chi connectivity index (χ1n) is 5.59. The van der Waals surface area contributed by atoms with Crippen molar-refractivity contribution >= 4 is 34.1 Å². The number of amidine groups is 1. The van der Waals surface area contributed by atoms with Crippen molar-refractivity contribution in [1.29, 1.82) is 0 Å². The highest BCUT2D eigenvalue weighted by molar-refractivity contribution is 14.1. The second kappa shape index (κ2) is 5.12. The van der Waals surface area contributed by atoms with E-state index in [-0.39, 0.29) is 5.41 Å². The second-order valence-electron chi connectivity index (χ2n) is 4.63. The number of hydrogen-bond donors (Lipinski definition) is 3. The van der Waals surface area contributed by atoms with Gasteiger partial charge < -0.3 is 16.3 Å². The molecule has 2 rings (SSSR count). The Morgan fingerprint density at radius 1 is 1.53 bits per heavy atom. The van der Waals surface area contributed by atoms with Crippen LogP contribution in [0.2, 0.25) is 0 Å². The Morgan fingerprint density at radius 3 is 2.88 bits per heavy atom. The number of benzene rings is 1. The number of oxime groups is 1. The normalized spacial score (nSPS) is 17.8. The molecule has 5 heteroatoms. The van der Waals surface area contributed by atoms with Crippen LogP contribution < -0.4 is 11.1 Å². The molecule has 0 spiro atoms. The minimum atomic E-state index is 0.192. The summed E-state index contributed by atoms with van der Waals surface area (Å²) in [5.41, 5.74) is 6.88. The number of nitrogens with zero attached hydrogens (tertiary/aromatic N) is 1. The average molecular weight is 345 g/mol. The van der Waals surface area contributed by atoms with E-state index in [1.54, 1.807) is 0 Å². The van der Waals surface area contributed by atoms with Gasteiger partial charge in [0.1, 0.15) is 5.84 Å². The van der Waals surface area contributed by atoms with Gasteiger partial charge in [0.05, 0.1) is 0 Å². The molecule has 4 nitrogen and oxygen atoms in total. The van der Waals surface area contributed by atoms with Gasteiger partial charge >= 0.3 is 0 Å². The summed E-state index contributed by atoms with van der Waals surface area (Å²) in [6, 6.07) is 8.27. The fourth-order valence-electron chi connectivity index (χ4n) is 1.90. The van der Waals surface area contributed by atoms with Crippen molar-refractivity contribution in [1.82, 2.24) is 0 Å². The summed E-state index contributed by atoms with van der Waals surface area (Å²) in [4.78, 5) is 0. The summed E-state index contributed by atoms with van der Waals surface area (Å²) in [6.07, 6.45) is 2.95. The Labute approximate surface area is 114 Å². The van der Waals surface area contributed by atoms with E-state index < -0.39 is 0 Å². The summed E-state index contributed by atoms with van der Waals surface area (Å²) < 4.78 is 1.22. The Kier molecular flexibility index (Phi) is 3.76. The molecule has 0 unspecified atom stereocenters. The van der Waals surface area contributed by atoms with Gasteiger partial charge in [0.15, 0.2) is 0 Å². The second-order valence-corrected chi connectivity index (χ2v) is 5.88. The molecular weight excluding hydrogens is 329 g/mol. The molecular formula is C12H16IN3O. The van der Waals surface area contributed by atoms with Gasteiger partial charge in [-0.15, -0.1) is 0 Å². The summed E-state index contributed by atoms with van der Waals surface area (Å²) in [7, 11) is 0. The minimum absolute atomic E-state index is 0.192. The Bertz CT molecular complexity index is 430. The molecule has 4 N–H and O–H groups in total. The highest BCUT2D eigenvalue weighted by Crippen LogP contribution is 2.48. The van der Waals surface area contributed by atoms with E-state index in [0.29, 0.717) is 12.3 Å². The highest BCUT2D eigenvalue weighted by Gasteiger charge is 2.43. The third kappa shape index (κ3) is 3.49. The van der Waals surface area contributed by atoms with E-state index in [2.05, 4.69) is 51.3 Å². The summed E-state index contributed by atoms with van der Waals surface area (Å²) in [6.45, 7) is 0.878. The quantitative estimate of drug-likeness (QED) is 0.253. The average Bonchev–Trinajstić information content (AvgIpc) is 3.07. The predicted octanol–water partition coefficient (Wildman–Crippen LogP) is 2.62. The van der Waals surface area contributed by atoms with Crippen molar-refractivity contribution in [3.05, 3.63) is 27.8 Å². The number of anilines is 1. The maximum Gasteiger partial charge on any atom is 0.139 e. The molecule has 0 aliphatic heterocycles. The molecule has 0 radical (unpaired) electrons. The van der Waals surface area contributed by atoms with E-state index in [1.165, 1.54) is 3.57 Å². The lowest BCUT2D eigenvalue weighted by molar-refractivity contribution is 0.315. The van der Waals surface area contributed by atoms with Crippen LogP contribution in [0.4, 0.5) is 5.69 Å². The largest absolute Gasteiger partial charge is 0.409 e. The molecule has 0 bridgehead atoms. The molecule has 1 aromatic rings. The predicted molar refractivity (Wildman–Crippen MR) is 77.3 cm³/mol. The lowest BCUT2D eigenvalue weighted by Crippen LogP contribution is -2.23. The van der Waals surface area contributed by atoms with Crippen LogP contribution in [0.1, 0.15) is 19.3 Å². The van der Waals surface area contributed by atoms with Gasteiger partial charge in [-0.2, -0.15) is 0 Å². The van der Waals surface area contributed by atoms with E-state index in [9.17, 15) is 0 Å². The van der Waals surface area contributed by atoms with Crippen LogP contribution >= 0.6 is 22.6 Å². The number of hydrogen-bond acceptors (Lipinski definition) is 3. The standard InChI is InChI=1S/C12H16IN3O/c13-9-2-1-3-10(6-9)15-8-12(4-5-12)7-11(14)16-17/h1-3,6,15,17H,4-5,7-8H2,(H2,14,16). The third-order valence-corrected chi connectivity index (χ3v) is 3.80. The van der Waals surface area contributed by atoms with Gasteiger partial charge in [0.25, 0.3) is 0 Å².